The van der Waals surface area contributed by atoms with Crippen molar-refractivity contribution in [3.05, 3.63) is 0 Å². The molecule has 0 fully saturated rings. The number of nitrogens with one attached hydrogen (secondary N) is 1. The van der Waals surface area contributed by atoms with E-state index in [0.717, 1.165) is 0 Å². The van der Waals surface area contributed by atoms with Crippen molar-refractivity contribution in [3.8, 4) is 0 Å². The number of rotatable bonds is 8. The van der Waals surface area contributed by atoms with Crippen LogP contribution >= 0.6 is 0 Å². The van der Waals surface area contributed by atoms with E-state index in [0.29, 0.717) is 0 Å². The Hall–Kier alpha value is -0.660. The molecular formula is C6H13NO9S. The van der Waals surface area contributed by atoms with Crippen LogP contribution in [0.15, 0.2) is 0 Å². The van der Waals surface area contributed by atoms with Gasteiger partial charge in [-0.2, -0.15) is 18.2 Å². The first-order valence-corrected chi connectivity index (χ1v) is 5.61. The second-order valence-corrected chi connectivity index (χ2v) is 4.04. The largest absolute Gasteiger partial charge is 0.413 e. The van der Waals surface area contributed by atoms with E-state index >= 15 is 0 Å². The van der Waals surface area contributed by atoms with E-state index in [9.17, 15) is 23.4 Å². The van der Waals surface area contributed by atoms with Gasteiger partial charge in [0.25, 0.3) is 0 Å². The fourth-order valence-electron chi connectivity index (χ4n) is 0.842. The van der Waals surface area contributed by atoms with Crippen LogP contribution in [0.4, 0.5) is 0 Å². The lowest BCUT2D eigenvalue weighted by Gasteiger charge is -2.25. The number of hydrogen-bond donors (Lipinski definition) is 6. The van der Waals surface area contributed by atoms with E-state index in [4.69, 9.17) is 14.8 Å². The third-order valence-electron chi connectivity index (χ3n) is 1.74. The second-order valence-electron chi connectivity index (χ2n) is 3.02. The Morgan fingerprint density at radius 1 is 1.24 bits per heavy atom. The van der Waals surface area contributed by atoms with E-state index in [1.807, 2.05) is 0 Å². The van der Waals surface area contributed by atoms with Crippen LogP contribution in [0, 0.1) is 0 Å². The molecule has 17 heavy (non-hydrogen) atoms. The maximum Gasteiger partial charge on any atom is 0.413 e. The molecule has 0 bridgehead atoms. The lowest BCUT2D eigenvalue weighted by molar-refractivity contribution is -0.125. The molecule has 102 valence electrons. The average Bonchev–Trinajstić information content (AvgIpc) is 2.25. The smallest absolute Gasteiger partial charge is 0.394 e. The summed E-state index contributed by atoms with van der Waals surface area (Å²) in [7, 11) is -4.89. The fraction of sp³-hybridized carbons (Fsp3) is 0.833. The molecule has 0 aliphatic heterocycles. The van der Waals surface area contributed by atoms with Crippen LogP contribution in [-0.2, 0) is 19.5 Å². The maximum absolute atomic E-state index is 10.4. The van der Waals surface area contributed by atoms with Crippen molar-refractivity contribution in [1.82, 2.24) is 5.48 Å². The molecule has 10 nitrogen and oxygen atoms in total. The van der Waals surface area contributed by atoms with Crippen molar-refractivity contribution in [2.24, 2.45) is 0 Å². The molecule has 0 spiro atoms. The molecule has 0 amide bonds. The van der Waals surface area contributed by atoms with Gasteiger partial charge in [0.15, 0.2) is 0 Å². The second kappa shape index (κ2) is 6.93. The number of hydroxylamine groups is 1. The standard InChI is InChI=1S/C6H13NO9S/c8-1-3(7-16-17(13,14)15)5(11)6(12)4(10)2-9/h1,3-7,9-12H,2H2,(H,13,14,15). The van der Waals surface area contributed by atoms with Crippen LogP contribution in [0.2, 0.25) is 0 Å². The van der Waals surface area contributed by atoms with Gasteiger partial charge in [0.1, 0.15) is 30.6 Å². The Morgan fingerprint density at radius 2 is 1.76 bits per heavy atom. The lowest BCUT2D eigenvalue weighted by atomic mass is 10.0. The number of aldehydes is 1. The van der Waals surface area contributed by atoms with E-state index < -0.39 is 41.4 Å². The van der Waals surface area contributed by atoms with Gasteiger partial charge in [-0.25, -0.2) is 0 Å². The predicted octanol–water partition coefficient (Wildman–Crippen LogP) is -4.05. The summed E-state index contributed by atoms with van der Waals surface area (Å²) >= 11 is 0. The van der Waals surface area contributed by atoms with Gasteiger partial charge >= 0.3 is 10.4 Å². The predicted molar refractivity (Wildman–Crippen MR) is 50.7 cm³/mol. The summed E-state index contributed by atoms with van der Waals surface area (Å²) in [6, 6.07) is -1.74. The first-order chi connectivity index (χ1) is 7.72. The van der Waals surface area contributed by atoms with Gasteiger partial charge in [-0.1, -0.05) is 0 Å². The van der Waals surface area contributed by atoms with Crippen LogP contribution in [0.5, 0.6) is 0 Å². The third kappa shape index (κ3) is 5.99. The SMILES string of the molecule is O=CC(NOS(=O)(=O)O)C(O)C(O)C(O)CO. The van der Waals surface area contributed by atoms with Gasteiger partial charge < -0.3 is 25.2 Å². The Kier molecular flexibility index (Phi) is 6.66. The van der Waals surface area contributed by atoms with E-state index in [1.165, 1.54) is 5.48 Å². The molecule has 0 heterocycles. The zero-order valence-corrected chi connectivity index (χ0v) is 9.19. The molecule has 0 aliphatic carbocycles. The Labute approximate surface area is 96.4 Å². The third-order valence-corrected chi connectivity index (χ3v) is 2.04. The van der Waals surface area contributed by atoms with Gasteiger partial charge in [-0.3, -0.25) is 4.55 Å². The van der Waals surface area contributed by atoms with Gasteiger partial charge in [-0.15, -0.1) is 0 Å². The molecule has 4 atom stereocenters. The molecule has 4 unspecified atom stereocenters. The molecule has 11 heteroatoms. The normalized spacial score (nSPS) is 19.4. The highest BCUT2D eigenvalue weighted by molar-refractivity contribution is 7.80. The zero-order chi connectivity index (χ0) is 13.6. The van der Waals surface area contributed by atoms with E-state index in [2.05, 4.69) is 4.28 Å². The average molecular weight is 275 g/mol. The summed E-state index contributed by atoms with van der Waals surface area (Å²) in [6.45, 7) is -0.886. The molecule has 0 saturated heterocycles. The Bertz CT molecular complexity index is 330. The highest BCUT2D eigenvalue weighted by Crippen LogP contribution is 2.04. The van der Waals surface area contributed by atoms with Crippen molar-refractivity contribution < 1.29 is 42.5 Å². The highest BCUT2D eigenvalue weighted by atomic mass is 32.3. The van der Waals surface area contributed by atoms with Gasteiger partial charge in [0, 0.05) is 0 Å². The van der Waals surface area contributed by atoms with Crippen molar-refractivity contribution >= 4 is 16.7 Å². The summed E-state index contributed by atoms with van der Waals surface area (Å²) in [6.07, 6.45) is -5.65. The number of carbonyl (C=O) groups excluding carboxylic acids is 1. The molecule has 0 rings (SSSR count). The Balaban J connectivity index is 4.50. The van der Waals surface area contributed by atoms with Crippen LogP contribution < -0.4 is 5.48 Å². The van der Waals surface area contributed by atoms with Gasteiger partial charge in [-0.05, 0) is 0 Å². The van der Waals surface area contributed by atoms with E-state index in [-0.39, 0.29) is 6.29 Å². The Morgan fingerprint density at radius 3 is 2.12 bits per heavy atom. The van der Waals surface area contributed by atoms with Crippen molar-refractivity contribution in [3.63, 3.8) is 0 Å². The van der Waals surface area contributed by atoms with Crippen LogP contribution in [-0.4, -0.2) is 70.6 Å². The number of aliphatic hydroxyl groups is 4. The first kappa shape index (κ1) is 16.3. The highest BCUT2D eigenvalue weighted by Gasteiger charge is 2.31. The van der Waals surface area contributed by atoms with Crippen LogP contribution in [0.3, 0.4) is 0 Å². The minimum absolute atomic E-state index is 0.0246. The molecular weight excluding hydrogens is 262 g/mol. The molecule has 0 saturated carbocycles. The minimum Gasteiger partial charge on any atom is -0.394 e. The van der Waals surface area contributed by atoms with Crippen molar-refractivity contribution in [1.29, 1.82) is 0 Å². The van der Waals surface area contributed by atoms with Crippen LogP contribution in [0.1, 0.15) is 0 Å². The fourth-order valence-corrected chi connectivity index (χ4v) is 1.08. The summed E-state index contributed by atoms with van der Waals surface area (Å²) in [5.41, 5.74) is 1.46. The quantitative estimate of drug-likeness (QED) is 0.145. The molecule has 6 N–H and O–H groups in total. The molecule has 0 radical (unpaired) electrons. The van der Waals surface area contributed by atoms with Crippen molar-refractivity contribution in [2.75, 3.05) is 6.61 Å². The van der Waals surface area contributed by atoms with Crippen LogP contribution in [0.25, 0.3) is 0 Å². The maximum atomic E-state index is 10.4. The summed E-state index contributed by atoms with van der Waals surface area (Å²) < 4.78 is 32.1. The lowest BCUT2D eigenvalue weighted by Crippen LogP contribution is -2.52. The minimum atomic E-state index is -4.89. The molecule has 0 aliphatic rings. The molecule has 0 aromatic heterocycles. The monoisotopic (exact) mass is 275 g/mol. The first-order valence-electron chi connectivity index (χ1n) is 4.24. The number of hydrogen-bond acceptors (Lipinski definition) is 9. The van der Waals surface area contributed by atoms with Crippen molar-refractivity contribution in [2.45, 2.75) is 24.4 Å². The number of aliphatic hydroxyl groups excluding tert-OH is 4. The topological polar surface area (TPSA) is 174 Å². The van der Waals surface area contributed by atoms with Gasteiger partial charge in [0.05, 0.1) is 6.61 Å². The zero-order valence-electron chi connectivity index (χ0n) is 8.37. The summed E-state index contributed by atoms with van der Waals surface area (Å²) in [5.74, 6) is 0. The molecule has 0 aromatic rings. The number of carbonyl (C=O) groups is 1. The molecule has 0 aromatic carbocycles. The summed E-state index contributed by atoms with van der Waals surface area (Å²) in [5, 5.41) is 35.9. The summed E-state index contributed by atoms with van der Waals surface area (Å²) in [4.78, 5) is 10.4. The van der Waals surface area contributed by atoms with E-state index in [1.54, 1.807) is 0 Å². The van der Waals surface area contributed by atoms with Gasteiger partial charge in [0.2, 0.25) is 0 Å².